The third-order valence-corrected chi connectivity index (χ3v) is 2.63. The highest BCUT2D eigenvalue weighted by molar-refractivity contribution is 5.37. The lowest BCUT2D eigenvalue weighted by Crippen LogP contribution is -2.24. The van der Waals surface area contributed by atoms with Crippen molar-refractivity contribution >= 4 is 5.82 Å². The van der Waals surface area contributed by atoms with Crippen LogP contribution in [0.3, 0.4) is 0 Å². The predicted molar refractivity (Wildman–Crippen MR) is 70.1 cm³/mol. The molecular formula is C13H22FN3O. The van der Waals surface area contributed by atoms with E-state index in [1.54, 1.807) is 14.0 Å². The van der Waals surface area contributed by atoms with Crippen molar-refractivity contribution in [3.8, 4) is 0 Å². The van der Waals surface area contributed by atoms with Gasteiger partial charge in [0.25, 0.3) is 0 Å². The number of anilines is 1. The van der Waals surface area contributed by atoms with Crippen LogP contribution in [0.1, 0.15) is 45.3 Å². The number of nitrogens with zero attached hydrogens (tertiary/aromatic N) is 2. The van der Waals surface area contributed by atoms with Crippen LogP contribution in [0.25, 0.3) is 0 Å². The van der Waals surface area contributed by atoms with Crippen molar-refractivity contribution in [2.24, 2.45) is 5.41 Å². The van der Waals surface area contributed by atoms with E-state index < -0.39 is 5.82 Å². The van der Waals surface area contributed by atoms with Crippen molar-refractivity contribution in [1.82, 2.24) is 9.97 Å². The Bertz CT molecular complexity index is 415. The molecule has 1 atom stereocenters. The molecule has 1 unspecified atom stereocenters. The molecule has 5 heteroatoms. The Hall–Kier alpha value is -1.23. The van der Waals surface area contributed by atoms with E-state index in [9.17, 15) is 4.39 Å². The van der Waals surface area contributed by atoms with Crippen LogP contribution in [0.5, 0.6) is 0 Å². The van der Waals surface area contributed by atoms with E-state index in [4.69, 9.17) is 4.74 Å². The maximum atomic E-state index is 13.7. The summed E-state index contributed by atoms with van der Waals surface area (Å²) in [6.45, 7) is 10.3. The molecule has 0 saturated carbocycles. The fraction of sp³-hybridized carbons (Fsp3) is 0.692. The molecule has 0 radical (unpaired) electrons. The first-order valence-electron chi connectivity index (χ1n) is 6.14. The second-order valence-corrected chi connectivity index (χ2v) is 5.28. The van der Waals surface area contributed by atoms with Gasteiger partial charge in [0.1, 0.15) is 6.10 Å². The van der Waals surface area contributed by atoms with Gasteiger partial charge in [-0.25, -0.2) is 14.4 Å². The molecule has 0 aliphatic carbocycles. The fourth-order valence-electron chi connectivity index (χ4n) is 1.74. The van der Waals surface area contributed by atoms with E-state index in [2.05, 4.69) is 36.1 Å². The number of halogens is 1. The van der Waals surface area contributed by atoms with Gasteiger partial charge in [-0.05, 0) is 19.3 Å². The number of hydrogen-bond acceptors (Lipinski definition) is 4. The standard InChI is InChI=1S/C13H22FN3O/c1-7-18-10(13(3,4)5)12-16-8(2)9(14)11(15-6)17-12/h10H,7H2,1-6H3,(H,15,16,17). The summed E-state index contributed by atoms with van der Waals surface area (Å²) in [6, 6.07) is 0. The maximum Gasteiger partial charge on any atom is 0.186 e. The van der Waals surface area contributed by atoms with Crippen molar-refractivity contribution in [2.75, 3.05) is 19.0 Å². The number of aryl methyl sites for hydroxylation is 1. The number of nitrogens with one attached hydrogen (secondary N) is 1. The van der Waals surface area contributed by atoms with Gasteiger partial charge in [0.2, 0.25) is 0 Å². The molecule has 0 fully saturated rings. The molecule has 0 aliphatic rings. The second-order valence-electron chi connectivity index (χ2n) is 5.28. The first-order valence-corrected chi connectivity index (χ1v) is 6.14. The van der Waals surface area contributed by atoms with Crippen molar-refractivity contribution in [3.63, 3.8) is 0 Å². The molecule has 0 bridgehead atoms. The zero-order valence-electron chi connectivity index (χ0n) is 12.0. The highest BCUT2D eigenvalue weighted by atomic mass is 19.1. The zero-order chi connectivity index (χ0) is 13.9. The van der Waals surface area contributed by atoms with Gasteiger partial charge in [0, 0.05) is 13.7 Å². The van der Waals surface area contributed by atoms with Crippen molar-refractivity contribution in [2.45, 2.75) is 40.7 Å². The van der Waals surface area contributed by atoms with Crippen LogP contribution < -0.4 is 5.32 Å². The third kappa shape index (κ3) is 3.16. The lowest BCUT2D eigenvalue weighted by atomic mass is 9.88. The second kappa shape index (κ2) is 5.61. The lowest BCUT2D eigenvalue weighted by molar-refractivity contribution is -0.0192. The Morgan fingerprint density at radius 1 is 1.33 bits per heavy atom. The van der Waals surface area contributed by atoms with Crippen LogP contribution in [0.4, 0.5) is 10.2 Å². The van der Waals surface area contributed by atoms with Crippen molar-refractivity contribution in [3.05, 3.63) is 17.3 Å². The summed E-state index contributed by atoms with van der Waals surface area (Å²) >= 11 is 0. The minimum atomic E-state index is -0.412. The summed E-state index contributed by atoms with van der Waals surface area (Å²) < 4.78 is 19.4. The Kier molecular flexibility index (Phi) is 4.62. The van der Waals surface area contributed by atoms with Gasteiger partial charge in [0.05, 0.1) is 5.69 Å². The molecule has 102 valence electrons. The van der Waals surface area contributed by atoms with Gasteiger partial charge in [-0.3, -0.25) is 0 Å². The summed E-state index contributed by atoms with van der Waals surface area (Å²) in [5.41, 5.74) is 0.184. The average molecular weight is 255 g/mol. The fourth-order valence-corrected chi connectivity index (χ4v) is 1.74. The molecule has 18 heavy (non-hydrogen) atoms. The van der Waals surface area contributed by atoms with E-state index in [1.165, 1.54) is 0 Å². The normalized spacial score (nSPS) is 13.5. The Morgan fingerprint density at radius 3 is 2.39 bits per heavy atom. The van der Waals surface area contributed by atoms with Crippen molar-refractivity contribution < 1.29 is 9.13 Å². The molecule has 1 aromatic heterocycles. The van der Waals surface area contributed by atoms with Crippen LogP contribution in [0, 0.1) is 18.2 Å². The molecule has 0 spiro atoms. The van der Waals surface area contributed by atoms with Crippen LogP contribution in [-0.2, 0) is 4.74 Å². The number of hydrogen-bond donors (Lipinski definition) is 1. The minimum absolute atomic E-state index is 0.148. The van der Waals surface area contributed by atoms with Gasteiger partial charge < -0.3 is 10.1 Å². The predicted octanol–water partition coefficient (Wildman–Crippen LogP) is 3.09. The number of aromatic nitrogens is 2. The minimum Gasteiger partial charge on any atom is -0.371 e. The summed E-state index contributed by atoms with van der Waals surface area (Å²) in [5.74, 6) is 0.324. The smallest absolute Gasteiger partial charge is 0.186 e. The highest BCUT2D eigenvalue weighted by Gasteiger charge is 2.30. The van der Waals surface area contributed by atoms with Gasteiger partial charge in [-0.1, -0.05) is 20.8 Å². The van der Waals surface area contributed by atoms with Gasteiger partial charge in [0.15, 0.2) is 17.5 Å². The van der Waals surface area contributed by atoms with E-state index in [0.717, 1.165) is 0 Å². The Balaban J connectivity index is 3.25. The summed E-state index contributed by atoms with van der Waals surface area (Å²) in [5, 5.41) is 2.74. The number of ether oxygens (including phenoxy) is 1. The van der Waals surface area contributed by atoms with Crippen molar-refractivity contribution in [1.29, 1.82) is 0 Å². The molecule has 1 rings (SSSR count). The van der Waals surface area contributed by atoms with E-state index in [0.29, 0.717) is 18.1 Å². The molecule has 0 aliphatic heterocycles. The quantitative estimate of drug-likeness (QED) is 0.898. The summed E-state index contributed by atoms with van der Waals surface area (Å²) in [7, 11) is 1.64. The Morgan fingerprint density at radius 2 is 1.94 bits per heavy atom. The first-order chi connectivity index (χ1) is 8.31. The summed E-state index contributed by atoms with van der Waals surface area (Å²) in [4.78, 5) is 8.43. The molecule has 0 aromatic carbocycles. The van der Waals surface area contributed by atoms with Crippen LogP contribution in [0.2, 0.25) is 0 Å². The summed E-state index contributed by atoms with van der Waals surface area (Å²) in [6.07, 6.45) is -0.256. The van der Waals surface area contributed by atoms with E-state index in [-0.39, 0.29) is 17.3 Å². The average Bonchev–Trinajstić information content (AvgIpc) is 2.28. The van der Waals surface area contributed by atoms with Gasteiger partial charge in [-0.2, -0.15) is 0 Å². The molecule has 0 saturated heterocycles. The van der Waals surface area contributed by atoms with Gasteiger partial charge >= 0.3 is 0 Å². The molecule has 1 aromatic rings. The molecule has 0 amide bonds. The lowest BCUT2D eigenvalue weighted by Gasteiger charge is -2.29. The maximum absolute atomic E-state index is 13.7. The first kappa shape index (κ1) is 14.8. The topological polar surface area (TPSA) is 47.0 Å². The SMILES string of the molecule is CCOC(c1nc(C)c(F)c(NC)n1)C(C)(C)C. The zero-order valence-corrected chi connectivity index (χ0v) is 12.0. The van der Waals surface area contributed by atoms with E-state index in [1.807, 2.05) is 6.92 Å². The molecular weight excluding hydrogens is 233 g/mol. The van der Waals surface area contributed by atoms with E-state index >= 15 is 0 Å². The monoisotopic (exact) mass is 255 g/mol. The largest absolute Gasteiger partial charge is 0.371 e. The molecule has 1 N–H and O–H groups in total. The third-order valence-electron chi connectivity index (χ3n) is 2.63. The van der Waals surface area contributed by atoms with Gasteiger partial charge in [-0.15, -0.1) is 0 Å². The van der Waals surface area contributed by atoms with Crippen LogP contribution in [-0.4, -0.2) is 23.6 Å². The molecule has 1 heterocycles. The number of rotatable bonds is 4. The highest BCUT2D eigenvalue weighted by Crippen LogP contribution is 2.35. The molecule has 4 nitrogen and oxygen atoms in total. The Labute approximate surface area is 108 Å². The van der Waals surface area contributed by atoms with Crippen LogP contribution in [0.15, 0.2) is 0 Å². The van der Waals surface area contributed by atoms with Crippen LogP contribution >= 0.6 is 0 Å².